The third-order valence-electron chi connectivity index (χ3n) is 8.24. The topological polar surface area (TPSA) is 53.8 Å². The fourth-order valence-corrected chi connectivity index (χ4v) is 6.16. The average Bonchev–Trinajstić information content (AvgIpc) is 3.34. The lowest BCUT2D eigenvalue weighted by Crippen LogP contribution is -2.52. The number of rotatable bonds is 7. The van der Waals surface area contributed by atoms with Crippen LogP contribution in [-0.4, -0.2) is 71.6 Å². The average molecular weight is 558 g/mol. The molecule has 2 aliphatic rings. The first-order valence-electron chi connectivity index (χ1n) is 14.2. The van der Waals surface area contributed by atoms with Crippen LogP contribution in [0.5, 0.6) is 5.75 Å². The third-order valence-corrected chi connectivity index (χ3v) is 8.49. The van der Waals surface area contributed by atoms with Gasteiger partial charge in [-0.2, -0.15) is 0 Å². The zero-order valence-electron chi connectivity index (χ0n) is 23.0. The van der Waals surface area contributed by atoms with Crippen molar-refractivity contribution < 1.29 is 9.53 Å². The lowest BCUT2D eigenvalue weighted by molar-refractivity contribution is -0.137. The van der Waals surface area contributed by atoms with Crippen LogP contribution in [0.1, 0.15) is 24.2 Å². The Morgan fingerprint density at radius 1 is 0.925 bits per heavy atom. The van der Waals surface area contributed by atoms with Gasteiger partial charge in [0.15, 0.2) is 0 Å². The highest BCUT2D eigenvalue weighted by molar-refractivity contribution is 6.30. The molecule has 3 heterocycles. The van der Waals surface area contributed by atoms with Crippen molar-refractivity contribution in [3.05, 3.63) is 89.2 Å². The van der Waals surface area contributed by atoms with E-state index < -0.39 is 0 Å². The van der Waals surface area contributed by atoms with E-state index >= 15 is 0 Å². The van der Waals surface area contributed by atoms with Gasteiger partial charge >= 0.3 is 0 Å². The second kappa shape index (κ2) is 11.9. The molecule has 4 aromatic rings. The van der Waals surface area contributed by atoms with Crippen LogP contribution in [0.25, 0.3) is 11.0 Å². The number of ether oxygens (including phenoxy) is 1. The Bertz CT molecular complexity index is 1440. The van der Waals surface area contributed by atoms with E-state index in [0.717, 1.165) is 92.8 Å². The fraction of sp³-hybridized carbons (Fsp3) is 0.375. The van der Waals surface area contributed by atoms with Gasteiger partial charge in [0.1, 0.15) is 11.6 Å². The lowest BCUT2D eigenvalue weighted by Gasteiger charge is -2.39. The van der Waals surface area contributed by atoms with Crippen molar-refractivity contribution in [2.45, 2.75) is 25.9 Å². The predicted molar refractivity (Wildman–Crippen MR) is 160 cm³/mol. The number of fused-ring (bicyclic) bond motifs is 1. The van der Waals surface area contributed by atoms with Gasteiger partial charge in [0.05, 0.1) is 30.6 Å². The van der Waals surface area contributed by atoms with Gasteiger partial charge in [-0.05, 0) is 73.5 Å². The highest BCUT2D eigenvalue weighted by Crippen LogP contribution is 2.26. The Hall–Kier alpha value is -3.55. The van der Waals surface area contributed by atoms with Crippen LogP contribution in [0, 0.1) is 5.92 Å². The maximum absolute atomic E-state index is 13.6. The Morgan fingerprint density at radius 2 is 1.68 bits per heavy atom. The van der Waals surface area contributed by atoms with Crippen molar-refractivity contribution in [3.63, 3.8) is 0 Å². The number of halogens is 1. The number of amides is 1. The van der Waals surface area contributed by atoms with E-state index in [1.165, 1.54) is 11.3 Å². The van der Waals surface area contributed by atoms with E-state index in [0.29, 0.717) is 5.91 Å². The standard InChI is InChI=1S/C32H36ClN5O2/c1-40-28-14-12-27(13-15-28)36-17-19-37(20-18-36)32(39)25-5-4-16-35(22-25)23-31-34-29-6-2-3-7-30(29)38(31)21-24-8-10-26(33)11-9-24/h2-3,6-15,25H,4-5,16-23H2,1H3/t25-/m0/s1. The number of likely N-dealkylation sites (tertiary alicyclic amines) is 1. The molecule has 0 saturated carbocycles. The first-order valence-corrected chi connectivity index (χ1v) is 14.5. The van der Waals surface area contributed by atoms with Gasteiger partial charge in [-0.1, -0.05) is 35.9 Å². The lowest BCUT2D eigenvalue weighted by atomic mass is 9.96. The van der Waals surface area contributed by atoms with Crippen molar-refractivity contribution in [1.29, 1.82) is 0 Å². The third kappa shape index (κ3) is 5.81. The molecule has 0 aliphatic carbocycles. The molecule has 8 heteroatoms. The van der Waals surface area contributed by atoms with Crippen molar-refractivity contribution in [1.82, 2.24) is 19.4 Å². The molecule has 1 amide bonds. The van der Waals surface area contributed by atoms with E-state index in [4.69, 9.17) is 21.3 Å². The number of aromatic nitrogens is 2. The number of piperidine rings is 1. The van der Waals surface area contributed by atoms with E-state index in [1.807, 2.05) is 30.3 Å². The van der Waals surface area contributed by atoms with Crippen LogP contribution in [0.3, 0.4) is 0 Å². The van der Waals surface area contributed by atoms with E-state index in [-0.39, 0.29) is 5.92 Å². The normalized spacial score (nSPS) is 18.3. The summed E-state index contributed by atoms with van der Waals surface area (Å²) in [6.07, 6.45) is 1.98. The number of hydrogen-bond donors (Lipinski definition) is 0. The largest absolute Gasteiger partial charge is 0.497 e. The molecule has 1 aromatic heterocycles. The molecular formula is C32H36ClN5O2. The Balaban J connectivity index is 1.10. The van der Waals surface area contributed by atoms with Crippen LogP contribution < -0.4 is 9.64 Å². The van der Waals surface area contributed by atoms with Crippen LogP contribution in [0.2, 0.25) is 5.02 Å². The molecule has 208 valence electrons. The number of nitrogens with zero attached hydrogens (tertiary/aromatic N) is 5. The van der Waals surface area contributed by atoms with Gasteiger partial charge in [-0.25, -0.2) is 4.98 Å². The zero-order chi connectivity index (χ0) is 27.5. The monoisotopic (exact) mass is 557 g/mol. The molecule has 2 saturated heterocycles. The molecule has 3 aromatic carbocycles. The van der Waals surface area contributed by atoms with Gasteiger partial charge in [0.25, 0.3) is 0 Å². The second-order valence-corrected chi connectivity index (χ2v) is 11.3. The van der Waals surface area contributed by atoms with Gasteiger partial charge in [-0.3, -0.25) is 9.69 Å². The summed E-state index contributed by atoms with van der Waals surface area (Å²) in [6, 6.07) is 24.5. The van der Waals surface area contributed by atoms with E-state index in [9.17, 15) is 4.79 Å². The summed E-state index contributed by atoms with van der Waals surface area (Å²) in [6.45, 7) is 6.46. The summed E-state index contributed by atoms with van der Waals surface area (Å²) in [7, 11) is 1.68. The number of anilines is 1. The fourth-order valence-electron chi connectivity index (χ4n) is 6.03. The molecule has 0 spiro atoms. The molecule has 0 radical (unpaired) electrons. The van der Waals surface area contributed by atoms with Crippen molar-refractivity contribution in [2.24, 2.45) is 5.92 Å². The minimum Gasteiger partial charge on any atom is -0.497 e. The summed E-state index contributed by atoms with van der Waals surface area (Å²) >= 11 is 6.13. The van der Waals surface area contributed by atoms with Gasteiger partial charge in [-0.15, -0.1) is 0 Å². The van der Waals surface area contributed by atoms with E-state index in [2.05, 4.69) is 61.7 Å². The number of para-hydroxylation sites is 2. The maximum atomic E-state index is 13.6. The molecule has 1 atom stereocenters. The molecule has 7 nitrogen and oxygen atoms in total. The second-order valence-electron chi connectivity index (χ2n) is 10.8. The maximum Gasteiger partial charge on any atom is 0.227 e. The summed E-state index contributed by atoms with van der Waals surface area (Å²) in [5.41, 5.74) is 4.50. The zero-order valence-corrected chi connectivity index (χ0v) is 23.8. The van der Waals surface area contributed by atoms with Crippen LogP contribution in [-0.2, 0) is 17.9 Å². The minimum atomic E-state index is 0.0374. The van der Waals surface area contributed by atoms with Crippen molar-refractivity contribution in [3.8, 4) is 5.75 Å². The van der Waals surface area contributed by atoms with E-state index in [1.54, 1.807) is 7.11 Å². The number of benzene rings is 3. The summed E-state index contributed by atoms with van der Waals surface area (Å²) in [4.78, 5) is 25.4. The Kier molecular flexibility index (Phi) is 7.93. The smallest absolute Gasteiger partial charge is 0.227 e. The van der Waals surface area contributed by atoms with Crippen LogP contribution in [0.4, 0.5) is 5.69 Å². The van der Waals surface area contributed by atoms with Gasteiger partial charge in [0.2, 0.25) is 5.91 Å². The van der Waals surface area contributed by atoms with Crippen molar-refractivity contribution in [2.75, 3.05) is 51.3 Å². The van der Waals surface area contributed by atoms with Crippen molar-refractivity contribution >= 4 is 34.2 Å². The minimum absolute atomic E-state index is 0.0374. The molecule has 0 N–H and O–H groups in total. The molecule has 6 rings (SSSR count). The quantitative estimate of drug-likeness (QED) is 0.308. The summed E-state index contributed by atoms with van der Waals surface area (Å²) in [5.74, 6) is 2.24. The van der Waals surface area contributed by atoms with Gasteiger partial charge < -0.3 is 19.1 Å². The first-order chi connectivity index (χ1) is 19.6. The van der Waals surface area contributed by atoms with Gasteiger partial charge in [0, 0.05) is 50.0 Å². The highest BCUT2D eigenvalue weighted by Gasteiger charge is 2.31. The number of imidazole rings is 1. The Labute approximate surface area is 240 Å². The molecule has 2 fully saturated rings. The molecule has 2 aliphatic heterocycles. The number of piperazine rings is 1. The summed E-state index contributed by atoms with van der Waals surface area (Å²) in [5, 5.41) is 0.741. The number of hydrogen-bond acceptors (Lipinski definition) is 5. The highest BCUT2D eigenvalue weighted by atomic mass is 35.5. The SMILES string of the molecule is COc1ccc(N2CCN(C(=O)[C@H]3CCCN(Cc4nc5ccccc5n4Cc4ccc(Cl)cc4)C3)CC2)cc1. The predicted octanol–water partition coefficient (Wildman–Crippen LogP) is 5.31. The first kappa shape index (κ1) is 26.7. The van der Waals surface area contributed by atoms with Crippen LogP contribution >= 0.6 is 11.6 Å². The Morgan fingerprint density at radius 3 is 2.42 bits per heavy atom. The van der Waals surface area contributed by atoms with Crippen LogP contribution in [0.15, 0.2) is 72.8 Å². The number of carbonyl (C=O) groups excluding carboxylic acids is 1. The molecule has 40 heavy (non-hydrogen) atoms. The molecule has 0 bridgehead atoms. The summed E-state index contributed by atoms with van der Waals surface area (Å²) < 4.78 is 7.59. The molecule has 0 unspecified atom stereocenters. The molecular weight excluding hydrogens is 522 g/mol. The number of methoxy groups -OCH3 is 1. The number of carbonyl (C=O) groups is 1.